The third-order valence-corrected chi connectivity index (χ3v) is 5.11. The second-order valence-electron chi connectivity index (χ2n) is 3.41. The van der Waals surface area contributed by atoms with Gasteiger partial charge in [0.15, 0.2) is 0 Å². The molecule has 0 bridgehead atoms. The van der Waals surface area contributed by atoms with Gasteiger partial charge in [0.2, 0.25) is 5.13 Å². The first-order chi connectivity index (χ1) is 8.51. The number of benzene rings is 1. The van der Waals surface area contributed by atoms with E-state index in [2.05, 4.69) is 30.8 Å². The zero-order chi connectivity index (χ0) is 13.2. The minimum Gasteiger partial charge on any atom is -0.253 e. The lowest BCUT2D eigenvalue weighted by molar-refractivity contribution is 0.601. The first-order valence-corrected chi connectivity index (χ1v) is 8.21. The maximum absolute atomic E-state index is 12.0. The van der Waals surface area contributed by atoms with E-state index >= 15 is 0 Å². The predicted molar refractivity (Wildman–Crippen MR) is 74.2 cm³/mol. The summed E-state index contributed by atoms with van der Waals surface area (Å²) in [6.07, 6.45) is 0.734. The Labute approximate surface area is 117 Å². The largest absolute Gasteiger partial charge is 0.263 e. The SMILES string of the molecule is CCc1nnc(NS(=O)(=O)c2ccc(Br)cc2)s1. The number of aromatic nitrogens is 2. The maximum atomic E-state index is 12.0. The van der Waals surface area contributed by atoms with Crippen LogP contribution < -0.4 is 4.72 Å². The predicted octanol–water partition coefficient (Wildman–Crippen LogP) is 2.66. The van der Waals surface area contributed by atoms with Crippen molar-refractivity contribution in [2.75, 3.05) is 4.72 Å². The molecule has 0 radical (unpaired) electrons. The van der Waals surface area contributed by atoms with Crippen LogP contribution in [0.3, 0.4) is 0 Å². The Kier molecular flexibility index (Phi) is 3.98. The van der Waals surface area contributed by atoms with Gasteiger partial charge >= 0.3 is 0 Å². The third-order valence-electron chi connectivity index (χ3n) is 2.11. The van der Waals surface area contributed by atoms with E-state index in [0.29, 0.717) is 0 Å². The number of aryl methyl sites for hydroxylation is 1. The van der Waals surface area contributed by atoms with Gasteiger partial charge in [-0.3, -0.25) is 4.72 Å². The van der Waals surface area contributed by atoms with Crippen LogP contribution in [0.2, 0.25) is 0 Å². The number of rotatable bonds is 4. The molecule has 0 saturated heterocycles. The van der Waals surface area contributed by atoms with Crippen molar-refractivity contribution in [3.05, 3.63) is 33.7 Å². The van der Waals surface area contributed by atoms with E-state index in [4.69, 9.17) is 0 Å². The highest BCUT2D eigenvalue weighted by atomic mass is 79.9. The lowest BCUT2D eigenvalue weighted by Gasteiger charge is -2.04. The summed E-state index contributed by atoms with van der Waals surface area (Å²) in [7, 11) is -3.59. The monoisotopic (exact) mass is 347 g/mol. The van der Waals surface area contributed by atoms with Gasteiger partial charge in [0.05, 0.1) is 4.90 Å². The van der Waals surface area contributed by atoms with E-state index in [1.165, 1.54) is 23.5 Å². The van der Waals surface area contributed by atoms with Crippen LogP contribution in [-0.4, -0.2) is 18.6 Å². The molecule has 18 heavy (non-hydrogen) atoms. The van der Waals surface area contributed by atoms with Gasteiger partial charge < -0.3 is 0 Å². The molecule has 0 aliphatic heterocycles. The molecule has 1 N–H and O–H groups in total. The number of hydrogen-bond acceptors (Lipinski definition) is 5. The highest BCUT2D eigenvalue weighted by Gasteiger charge is 2.16. The summed E-state index contributed by atoms with van der Waals surface area (Å²) in [4.78, 5) is 0.193. The molecule has 0 aliphatic carbocycles. The Morgan fingerprint density at radius 2 is 1.94 bits per heavy atom. The van der Waals surface area contributed by atoms with Crippen LogP contribution >= 0.6 is 27.3 Å². The Bertz CT molecular complexity index is 637. The first kappa shape index (κ1) is 13.4. The van der Waals surface area contributed by atoms with Crippen LogP contribution in [0.1, 0.15) is 11.9 Å². The van der Waals surface area contributed by atoms with Gasteiger partial charge in [0, 0.05) is 4.47 Å². The molecular formula is C10H10BrN3O2S2. The quantitative estimate of drug-likeness (QED) is 0.922. The van der Waals surface area contributed by atoms with Gasteiger partial charge in [0.1, 0.15) is 5.01 Å². The summed E-state index contributed by atoms with van der Waals surface area (Å²) >= 11 is 4.49. The molecule has 8 heteroatoms. The molecule has 0 unspecified atom stereocenters. The fourth-order valence-electron chi connectivity index (χ4n) is 1.23. The maximum Gasteiger partial charge on any atom is 0.263 e. The highest BCUT2D eigenvalue weighted by molar-refractivity contribution is 9.10. The molecule has 1 aromatic carbocycles. The molecule has 0 fully saturated rings. The van der Waals surface area contributed by atoms with Gasteiger partial charge in [-0.05, 0) is 30.7 Å². The van der Waals surface area contributed by atoms with Crippen molar-refractivity contribution in [3.8, 4) is 0 Å². The Morgan fingerprint density at radius 3 is 2.50 bits per heavy atom. The van der Waals surface area contributed by atoms with Gasteiger partial charge in [-0.25, -0.2) is 8.42 Å². The summed E-state index contributed by atoms with van der Waals surface area (Å²) < 4.78 is 27.3. The number of hydrogen-bond donors (Lipinski definition) is 1. The second kappa shape index (κ2) is 5.33. The fraction of sp³-hybridized carbons (Fsp3) is 0.200. The average Bonchev–Trinajstić information content (AvgIpc) is 2.76. The van der Waals surface area contributed by atoms with Gasteiger partial charge in [-0.1, -0.05) is 34.2 Å². The Morgan fingerprint density at radius 1 is 1.28 bits per heavy atom. The normalized spacial score (nSPS) is 11.4. The van der Waals surface area contributed by atoms with Gasteiger partial charge in [-0.2, -0.15) is 0 Å². The van der Waals surface area contributed by atoms with Crippen LogP contribution in [0.25, 0.3) is 0 Å². The summed E-state index contributed by atoms with van der Waals surface area (Å²) in [5, 5.41) is 8.73. The van der Waals surface area contributed by atoms with E-state index in [9.17, 15) is 8.42 Å². The van der Waals surface area contributed by atoms with Crippen molar-refractivity contribution < 1.29 is 8.42 Å². The van der Waals surface area contributed by atoms with E-state index in [1.807, 2.05) is 6.92 Å². The van der Waals surface area contributed by atoms with Crippen LogP contribution in [0.5, 0.6) is 0 Å². The molecule has 2 rings (SSSR count). The molecule has 5 nitrogen and oxygen atoms in total. The molecule has 1 aromatic heterocycles. The lowest BCUT2D eigenvalue weighted by atomic mass is 10.4. The second-order valence-corrected chi connectivity index (χ2v) is 7.07. The van der Waals surface area contributed by atoms with Crippen molar-refractivity contribution in [1.29, 1.82) is 0 Å². The van der Waals surface area contributed by atoms with Crippen molar-refractivity contribution in [2.45, 2.75) is 18.2 Å². The smallest absolute Gasteiger partial charge is 0.253 e. The number of nitrogens with one attached hydrogen (secondary N) is 1. The first-order valence-electron chi connectivity index (χ1n) is 5.12. The van der Waals surface area contributed by atoms with Crippen LogP contribution in [0.4, 0.5) is 5.13 Å². The van der Waals surface area contributed by atoms with Crippen LogP contribution in [0.15, 0.2) is 33.6 Å². The zero-order valence-corrected chi connectivity index (χ0v) is 12.6. The van der Waals surface area contributed by atoms with Crippen molar-refractivity contribution in [3.63, 3.8) is 0 Å². The summed E-state index contributed by atoms with van der Waals surface area (Å²) in [6, 6.07) is 6.39. The molecule has 2 aromatic rings. The molecule has 0 aliphatic rings. The van der Waals surface area contributed by atoms with E-state index < -0.39 is 10.0 Å². The van der Waals surface area contributed by atoms with Gasteiger partial charge in [-0.15, -0.1) is 10.2 Å². The van der Waals surface area contributed by atoms with E-state index in [0.717, 1.165) is 15.9 Å². The van der Waals surface area contributed by atoms with Crippen molar-refractivity contribution in [2.24, 2.45) is 0 Å². The molecule has 1 heterocycles. The van der Waals surface area contributed by atoms with E-state index in [-0.39, 0.29) is 10.0 Å². The standard InChI is InChI=1S/C10H10BrN3O2S2/c1-2-9-12-13-10(17-9)14-18(15,16)8-5-3-7(11)4-6-8/h3-6H,2H2,1H3,(H,13,14). The fourth-order valence-corrected chi connectivity index (χ4v) is 3.40. The minimum absolute atomic E-state index is 0.193. The molecule has 0 saturated carbocycles. The number of sulfonamides is 1. The average molecular weight is 348 g/mol. The zero-order valence-electron chi connectivity index (χ0n) is 9.42. The van der Waals surface area contributed by atoms with Crippen LogP contribution in [0, 0.1) is 0 Å². The van der Waals surface area contributed by atoms with Crippen LogP contribution in [-0.2, 0) is 16.4 Å². The molecule has 0 spiro atoms. The summed E-state index contributed by atoms with van der Waals surface area (Å²) in [5.74, 6) is 0. The number of anilines is 1. The molecule has 0 amide bonds. The Balaban J connectivity index is 2.24. The lowest BCUT2D eigenvalue weighted by Crippen LogP contribution is -2.12. The summed E-state index contributed by atoms with van der Waals surface area (Å²) in [6.45, 7) is 1.94. The van der Waals surface area contributed by atoms with Gasteiger partial charge in [0.25, 0.3) is 10.0 Å². The Hall–Kier alpha value is -0.990. The number of halogens is 1. The summed E-state index contributed by atoms with van der Waals surface area (Å²) in [5.41, 5.74) is 0. The molecule has 0 atom stereocenters. The third kappa shape index (κ3) is 3.06. The minimum atomic E-state index is -3.59. The van der Waals surface area contributed by atoms with Crippen molar-refractivity contribution >= 4 is 42.4 Å². The molecular weight excluding hydrogens is 338 g/mol. The molecule has 96 valence electrons. The van der Waals surface area contributed by atoms with Crippen molar-refractivity contribution in [1.82, 2.24) is 10.2 Å². The topological polar surface area (TPSA) is 72.0 Å². The van der Waals surface area contributed by atoms with E-state index in [1.54, 1.807) is 12.1 Å². The highest BCUT2D eigenvalue weighted by Crippen LogP contribution is 2.21. The number of nitrogens with zero attached hydrogens (tertiary/aromatic N) is 2.